The maximum Gasteiger partial charge on any atom is 0.318 e. The summed E-state index contributed by atoms with van der Waals surface area (Å²) in [4.78, 5) is 16.0. The number of para-hydroxylation sites is 1. The summed E-state index contributed by atoms with van der Waals surface area (Å²) in [5.74, 6) is 0.996. The molecule has 1 aliphatic rings. The van der Waals surface area contributed by atoms with Crippen molar-refractivity contribution in [3.63, 3.8) is 0 Å². The van der Waals surface area contributed by atoms with Gasteiger partial charge in [-0.3, -0.25) is 0 Å². The standard InChI is InChI=1S/C33H33N5O/c1-3-29-28-23-37(33(39)34-20-19-25-13-6-4-7-14-25)31(26-15-10-12-24(2)22-26)30-18-11-21-36(30)32(28)38(35-29)27-16-8-5-9-17-27/h4-18,21-22,31H,3,19-20,23H2,1-2H3,(H,34,39). The number of hydrogen-bond donors (Lipinski definition) is 1. The summed E-state index contributed by atoms with van der Waals surface area (Å²) in [6.07, 6.45) is 3.65. The molecule has 5 aromatic rings. The number of hydrogen-bond acceptors (Lipinski definition) is 2. The Morgan fingerprint density at radius 1 is 0.949 bits per heavy atom. The van der Waals surface area contributed by atoms with Gasteiger partial charge in [-0.2, -0.15) is 5.10 Å². The van der Waals surface area contributed by atoms with Gasteiger partial charge >= 0.3 is 6.03 Å². The predicted octanol–water partition coefficient (Wildman–Crippen LogP) is 6.39. The lowest BCUT2D eigenvalue weighted by molar-refractivity contribution is 0.180. The van der Waals surface area contributed by atoms with Gasteiger partial charge in [0.25, 0.3) is 0 Å². The van der Waals surface area contributed by atoms with Gasteiger partial charge < -0.3 is 14.8 Å². The Morgan fingerprint density at radius 3 is 2.46 bits per heavy atom. The molecule has 1 atom stereocenters. The number of nitrogens with zero attached hydrogens (tertiary/aromatic N) is 4. The van der Waals surface area contributed by atoms with Crippen molar-refractivity contribution in [3.8, 4) is 11.5 Å². The van der Waals surface area contributed by atoms with Gasteiger partial charge in [-0.1, -0.05) is 85.3 Å². The second-order valence-corrected chi connectivity index (χ2v) is 10.1. The Morgan fingerprint density at radius 2 is 1.72 bits per heavy atom. The van der Waals surface area contributed by atoms with Crippen LogP contribution in [0.1, 0.15) is 46.6 Å². The molecule has 196 valence electrons. The molecule has 0 saturated heterocycles. The topological polar surface area (TPSA) is 55.1 Å². The number of rotatable bonds is 6. The van der Waals surface area contributed by atoms with Gasteiger partial charge in [0.1, 0.15) is 5.82 Å². The van der Waals surface area contributed by atoms with Crippen molar-refractivity contribution in [3.05, 3.63) is 137 Å². The highest BCUT2D eigenvalue weighted by atomic mass is 16.2. The van der Waals surface area contributed by atoms with Crippen molar-refractivity contribution in [1.29, 1.82) is 0 Å². The molecule has 0 spiro atoms. The molecule has 6 heteroatoms. The molecular weight excluding hydrogens is 482 g/mol. The first kappa shape index (κ1) is 24.7. The largest absolute Gasteiger partial charge is 0.338 e. The number of aryl methyl sites for hydroxylation is 2. The molecule has 1 N–H and O–H groups in total. The summed E-state index contributed by atoms with van der Waals surface area (Å²) >= 11 is 0. The van der Waals surface area contributed by atoms with Crippen molar-refractivity contribution in [1.82, 2.24) is 24.6 Å². The maximum absolute atomic E-state index is 14.0. The third-order valence-electron chi connectivity index (χ3n) is 7.46. The van der Waals surface area contributed by atoms with E-state index in [1.54, 1.807) is 0 Å². The van der Waals surface area contributed by atoms with Crippen molar-refractivity contribution >= 4 is 6.03 Å². The zero-order chi connectivity index (χ0) is 26.8. The first-order valence-corrected chi connectivity index (χ1v) is 13.6. The van der Waals surface area contributed by atoms with Crippen molar-refractivity contribution in [2.75, 3.05) is 6.54 Å². The third-order valence-corrected chi connectivity index (χ3v) is 7.46. The van der Waals surface area contributed by atoms with E-state index in [-0.39, 0.29) is 12.1 Å². The smallest absolute Gasteiger partial charge is 0.318 e. The summed E-state index contributed by atoms with van der Waals surface area (Å²) in [5.41, 5.74) is 7.58. The quantitative estimate of drug-likeness (QED) is 0.285. The Kier molecular flexibility index (Phi) is 6.76. The zero-order valence-electron chi connectivity index (χ0n) is 22.4. The molecule has 6 rings (SSSR count). The summed E-state index contributed by atoms with van der Waals surface area (Å²) in [6.45, 7) is 5.25. The van der Waals surface area contributed by atoms with Crippen LogP contribution in [0.3, 0.4) is 0 Å². The Balaban J connectivity index is 1.46. The molecule has 39 heavy (non-hydrogen) atoms. The van der Waals surface area contributed by atoms with Crippen LogP contribution >= 0.6 is 0 Å². The lowest BCUT2D eigenvalue weighted by Gasteiger charge is -2.31. The van der Waals surface area contributed by atoms with Crippen LogP contribution in [-0.2, 0) is 19.4 Å². The summed E-state index contributed by atoms with van der Waals surface area (Å²) in [7, 11) is 0. The van der Waals surface area contributed by atoms with E-state index in [9.17, 15) is 4.79 Å². The minimum absolute atomic E-state index is 0.0763. The highest BCUT2D eigenvalue weighted by Crippen LogP contribution is 2.38. The molecule has 0 radical (unpaired) electrons. The molecule has 1 unspecified atom stereocenters. The SMILES string of the molecule is CCc1nn(-c2ccccc2)c2c1CN(C(=O)NCCc1ccccc1)C(c1cccc(C)c1)c1cccn1-2. The number of carbonyl (C=O) groups is 1. The van der Waals surface area contributed by atoms with E-state index in [0.717, 1.165) is 46.9 Å². The van der Waals surface area contributed by atoms with Gasteiger partial charge in [-0.25, -0.2) is 9.48 Å². The van der Waals surface area contributed by atoms with Crippen LogP contribution in [0.4, 0.5) is 4.79 Å². The van der Waals surface area contributed by atoms with Crippen LogP contribution in [0.5, 0.6) is 0 Å². The fourth-order valence-corrected chi connectivity index (χ4v) is 5.60. The van der Waals surface area contributed by atoms with E-state index in [2.05, 4.69) is 90.6 Å². The molecule has 0 fully saturated rings. The van der Waals surface area contributed by atoms with Gasteiger partial charge in [-0.05, 0) is 55.2 Å². The molecule has 0 aliphatic carbocycles. The van der Waals surface area contributed by atoms with Crippen molar-refractivity contribution in [2.24, 2.45) is 0 Å². The number of fused-ring (bicyclic) bond motifs is 3. The minimum Gasteiger partial charge on any atom is -0.338 e. The molecule has 3 heterocycles. The van der Waals surface area contributed by atoms with Gasteiger partial charge in [-0.15, -0.1) is 0 Å². The molecule has 3 aromatic carbocycles. The lowest BCUT2D eigenvalue weighted by atomic mass is 10.00. The Hall–Kier alpha value is -4.58. The number of carbonyl (C=O) groups excluding carboxylic acids is 1. The molecule has 0 bridgehead atoms. The second-order valence-electron chi connectivity index (χ2n) is 10.1. The van der Waals surface area contributed by atoms with Gasteiger partial charge in [0.2, 0.25) is 0 Å². The van der Waals surface area contributed by atoms with Crippen LogP contribution in [0, 0.1) is 6.92 Å². The number of amides is 2. The molecule has 0 saturated carbocycles. The van der Waals surface area contributed by atoms with E-state index in [4.69, 9.17) is 5.10 Å². The van der Waals surface area contributed by atoms with Crippen LogP contribution in [0.15, 0.2) is 103 Å². The maximum atomic E-state index is 14.0. The van der Waals surface area contributed by atoms with Crippen LogP contribution in [0.25, 0.3) is 11.5 Å². The average molecular weight is 516 g/mol. The monoisotopic (exact) mass is 515 g/mol. The lowest BCUT2D eigenvalue weighted by Crippen LogP contribution is -2.42. The number of urea groups is 1. The Labute approximate surface area is 229 Å². The van der Waals surface area contributed by atoms with E-state index in [0.29, 0.717) is 13.1 Å². The molecule has 2 aromatic heterocycles. The third kappa shape index (κ3) is 4.74. The minimum atomic E-state index is -0.252. The average Bonchev–Trinajstić information content (AvgIpc) is 3.55. The highest BCUT2D eigenvalue weighted by molar-refractivity contribution is 5.76. The van der Waals surface area contributed by atoms with Gasteiger partial charge in [0.05, 0.1) is 29.7 Å². The summed E-state index contributed by atoms with van der Waals surface area (Å²) < 4.78 is 4.25. The second kappa shape index (κ2) is 10.7. The van der Waals surface area contributed by atoms with E-state index >= 15 is 0 Å². The predicted molar refractivity (Wildman–Crippen MR) is 154 cm³/mol. The summed E-state index contributed by atoms with van der Waals surface area (Å²) in [6, 6.07) is 32.8. The first-order valence-electron chi connectivity index (χ1n) is 13.6. The van der Waals surface area contributed by atoms with Crippen molar-refractivity contribution < 1.29 is 4.79 Å². The van der Waals surface area contributed by atoms with Gasteiger partial charge in [0, 0.05) is 18.3 Å². The molecular formula is C33H33N5O. The molecule has 1 aliphatic heterocycles. The van der Waals surface area contributed by atoms with Crippen LogP contribution < -0.4 is 5.32 Å². The van der Waals surface area contributed by atoms with E-state index in [1.165, 1.54) is 11.1 Å². The zero-order valence-corrected chi connectivity index (χ0v) is 22.4. The highest BCUT2D eigenvalue weighted by Gasteiger charge is 2.36. The fraction of sp³-hybridized carbons (Fsp3) is 0.212. The number of benzene rings is 3. The normalized spacial score (nSPS) is 14.4. The van der Waals surface area contributed by atoms with Crippen molar-refractivity contribution in [2.45, 2.75) is 39.3 Å². The van der Waals surface area contributed by atoms with Gasteiger partial charge in [0.15, 0.2) is 0 Å². The van der Waals surface area contributed by atoms with Crippen LogP contribution in [-0.4, -0.2) is 31.8 Å². The molecule has 6 nitrogen and oxygen atoms in total. The van der Waals surface area contributed by atoms with E-state index < -0.39 is 0 Å². The number of aromatic nitrogens is 3. The number of nitrogens with one attached hydrogen (secondary N) is 1. The van der Waals surface area contributed by atoms with E-state index in [1.807, 2.05) is 46.0 Å². The summed E-state index contributed by atoms with van der Waals surface area (Å²) in [5, 5.41) is 8.27. The first-order chi connectivity index (χ1) is 19.1. The fourth-order valence-electron chi connectivity index (χ4n) is 5.60. The Bertz CT molecular complexity index is 1590. The molecule has 2 amide bonds. The van der Waals surface area contributed by atoms with Crippen LogP contribution in [0.2, 0.25) is 0 Å².